The van der Waals surface area contributed by atoms with E-state index in [-0.39, 0.29) is 23.7 Å². The summed E-state index contributed by atoms with van der Waals surface area (Å²) < 4.78 is 2.54. The average molecular weight is 410 g/mol. The number of aromatic hydroxyl groups is 1. The topological polar surface area (TPSA) is 82.7 Å². The minimum atomic E-state index is -0.328. The highest BCUT2D eigenvalue weighted by Gasteiger charge is 2.18. The number of halogens is 1. The second-order valence-electron chi connectivity index (χ2n) is 6.87. The van der Waals surface area contributed by atoms with E-state index in [4.69, 9.17) is 0 Å². The Bertz CT molecular complexity index is 903. The number of nitrogens with zero attached hydrogens (tertiary/aromatic N) is 4. The summed E-state index contributed by atoms with van der Waals surface area (Å²) in [6.07, 6.45) is 0.917. The Kier molecular flexibility index (Phi) is 7.53. The van der Waals surface area contributed by atoms with Gasteiger partial charge in [0.2, 0.25) is 0 Å². The number of hydrogen-bond acceptors (Lipinski definition) is 6. The minimum Gasteiger partial charge on any atom is -0.506 e. The molecule has 2 N–H and O–H groups in total. The smallest absolute Gasteiger partial charge is 0.332 e. The first kappa shape index (κ1) is 21.8. The van der Waals surface area contributed by atoms with Gasteiger partial charge in [-0.1, -0.05) is 12.1 Å². The number of rotatable bonds is 6. The average Bonchev–Trinajstić information content (AvgIpc) is 2.68. The fourth-order valence-corrected chi connectivity index (χ4v) is 3.37. The Hall–Kier alpha value is -2.45. The van der Waals surface area contributed by atoms with E-state index in [1.807, 2.05) is 18.2 Å². The molecule has 28 heavy (non-hydrogen) atoms. The molecule has 1 aliphatic heterocycles. The molecule has 0 spiro atoms. The van der Waals surface area contributed by atoms with Crippen LogP contribution in [0.5, 0.6) is 5.75 Å². The Morgan fingerprint density at radius 2 is 1.71 bits per heavy atom. The van der Waals surface area contributed by atoms with E-state index in [9.17, 15) is 14.7 Å². The maximum atomic E-state index is 11.9. The van der Waals surface area contributed by atoms with Crippen LogP contribution in [-0.4, -0.2) is 58.4 Å². The minimum absolute atomic E-state index is 0. The lowest BCUT2D eigenvalue weighted by Crippen LogP contribution is -2.46. The van der Waals surface area contributed by atoms with Crippen molar-refractivity contribution < 1.29 is 5.11 Å². The molecule has 1 aliphatic rings. The predicted octanol–water partition coefficient (Wildman–Crippen LogP) is 0.836. The molecule has 1 fully saturated rings. The lowest BCUT2D eigenvalue weighted by Gasteiger charge is -2.36. The Labute approximate surface area is 170 Å². The van der Waals surface area contributed by atoms with Gasteiger partial charge in [0.15, 0.2) is 0 Å². The molecule has 1 aromatic heterocycles. The molecule has 1 saturated heterocycles. The number of phenols is 1. The molecule has 9 heteroatoms. The number of aromatic nitrogens is 2. The van der Waals surface area contributed by atoms with Crippen LogP contribution in [-0.2, 0) is 14.1 Å². The molecule has 154 valence electrons. The van der Waals surface area contributed by atoms with E-state index in [0.717, 1.165) is 49.4 Å². The number of phenolic OH excluding ortho intramolecular Hbond substituents is 1. The molecule has 8 nitrogen and oxygen atoms in total. The Balaban J connectivity index is 0.00000280. The molecule has 2 heterocycles. The molecule has 1 aromatic carbocycles. The number of benzene rings is 1. The summed E-state index contributed by atoms with van der Waals surface area (Å²) in [4.78, 5) is 28.3. The summed E-state index contributed by atoms with van der Waals surface area (Å²) in [6.45, 7) is 5.29. The molecule has 0 bridgehead atoms. The summed E-state index contributed by atoms with van der Waals surface area (Å²) in [5, 5.41) is 13.2. The normalized spacial score (nSPS) is 14.6. The van der Waals surface area contributed by atoms with Crippen molar-refractivity contribution in [2.75, 3.05) is 49.5 Å². The monoisotopic (exact) mass is 409 g/mol. The molecule has 0 aliphatic carbocycles. The van der Waals surface area contributed by atoms with Gasteiger partial charge in [-0.2, -0.15) is 0 Å². The van der Waals surface area contributed by atoms with Crippen molar-refractivity contribution in [1.29, 1.82) is 0 Å². The van der Waals surface area contributed by atoms with Crippen molar-refractivity contribution in [2.24, 2.45) is 14.1 Å². The number of piperazine rings is 1. The van der Waals surface area contributed by atoms with Crippen LogP contribution < -0.4 is 21.5 Å². The quantitative estimate of drug-likeness (QED) is 0.688. The van der Waals surface area contributed by atoms with Crippen molar-refractivity contribution in [2.45, 2.75) is 6.42 Å². The van der Waals surface area contributed by atoms with Crippen LogP contribution in [0.2, 0.25) is 0 Å². The van der Waals surface area contributed by atoms with Crippen LogP contribution in [0.15, 0.2) is 39.9 Å². The highest BCUT2D eigenvalue weighted by Crippen LogP contribution is 2.27. The number of nitrogens with one attached hydrogen (secondary N) is 1. The molecule has 0 amide bonds. The molecule has 3 rings (SSSR count). The van der Waals surface area contributed by atoms with Crippen LogP contribution in [0.4, 0.5) is 11.5 Å². The van der Waals surface area contributed by atoms with Gasteiger partial charge in [-0.3, -0.25) is 18.8 Å². The summed E-state index contributed by atoms with van der Waals surface area (Å²) in [7, 11) is 3.13. The zero-order valence-electron chi connectivity index (χ0n) is 16.3. The first-order valence-electron chi connectivity index (χ1n) is 9.23. The van der Waals surface area contributed by atoms with Crippen LogP contribution in [0.1, 0.15) is 6.42 Å². The highest BCUT2D eigenvalue weighted by molar-refractivity contribution is 5.85. The Morgan fingerprint density at radius 3 is 2.39 bits per heavy atom. The van der Waals surface area contributed by atoms with Crippen LogP contribution in [0, 0.1) is 0 Å². The lowest BCUT2D eigenvalue weighted by atomic mass is 10.2. The van der Waals surface area contributed by atoms with Gasteiger partial charge < -0.3 is 15.3 Å². The maximum Gasteiger partial charge on any atom is 0.332 e. The van der Waals surface area contributed by atoms with Crippen molar-refractivity contribution in [3.63, 3.8) is 0 Å². The van der Waals surface area contributed by atoms with Crippen molar-refractivity contribution in [3.8, 4) is 5.75 Å². The summed E-state index contributed by atoms with van der Waals surface area (Å²) in [6, 6.07) is 8.89. The van der Waals surface area contributed by atoms with E-state index in [1.165, 1.54) is 17.7 Å². The fraction of sp³-hybridized carbons (Fsp3) is 0.474. The highest BCUT2D eigenvalue weighted by atomic mass is 35.5. The van der Waals surface area contributed by atoms with Crippen molar-refractivity contribution in [1.82, 2.24) is 14.0 Å². The summed E-state index contributed by atoms with van der Waals surface area (Å²) in [5.41, 5.74) is 0.261. The molecule has 0 radical (unpaired) electrons. The van der Waals surface area contributed by atoms with E-state index in [1.54, 1.807) is 13.1 Å². The fourth-order valence-electron chi connectivity index (χ4n) is 3.37. The lowest BCUT2D eigenvalue weighted by molar-refractivity contribution is 0.256. The molecule has 0 saturated carbocycles. The summed E-state index contributed by atoms with van der Waals surface area (Å²) >= 11 is 0. The predicted molar refractivity (Wildman–Crippen MR) is 114 cm³/mol. The first-order chi connectivity index (χ1) is 13.0. The van der Waals surface area contributed by atoms with Crippen LogP contribution >= 0.6 is 12.4 Å². The zero-order chi connectivity index (χ0) is 19.4. The van der Waals surface area contributed by atoms with E-state index in [0.29, 0.717) is 18.1 Å². The van der Waals surface area contributed by atoms with E-state index < -0.39 is 0 Å². The van der Waals surface area contributed by atoms with Gasteiger partial charge in [0, 0.05) is 52.9 Å². The second-order valence-corrected chi connectivity index (χ2v) is 6.87. The number of hydrogen-bond donors (Lipinski definition) is 2. The molecule has 2 aromatic rings. The third-order valence-electron chi connectivity index (χ3n) is 5.08. The van der Waals surface area contributed by atoms with Gasteiger partial charge >= 0.3 is 5.69 Å². The third kappa shape index (κ3) is 4.88. The van der Waals surface area contributed by atoms with Crippen LogP contribution in [0.25, 0.3) is 0 Å². The van der Waals surface area contributed by atoms with Gasteiger partial charge in [0.25, 0.3) is 5.56 Å². The number of para-hydroxylation sites is 2. The van der Waals surface area contributed by atoms with Crippen molar-refractivity contribution in [3.05, 3.63) is 51.2 Å². The Morgan fingerprint density at radius 1 is 1.04 bits per heavy atom. The maximum absolute atomic E-state index is 11.9. The first-order valence-corrected chi connectivity index (χ1v) is 9.23. The van der Waals surface area contributed by atoms with E-state index >= 15 is 0 Å². The standard InChI is InChI=1S/C19H27N5O3.ClH/c1-21-17(14-18(26)22(2)19(21)27)20-8-5-9-23-10-12-24(13-11-23)15-6-3-4-7-16(15)25;/h3-4,6-7,14,20,25H,5,8-13H2,1-2H3;1H. The molecule has 0 atom stereocenters. The molecule has 0 unspecified atom stereocenters. The number of anilines is 2. The van der Waals surface area contributed by atoms with Gasteiger partial charge in [-0.25, -0.2) is 4.79 Å². The summed E-state index contributed by atoms with van der Waals surface area (Å²) in [5.74, 6) is 0.877. The molecular formula is C19H28ClN5O3. The van der Waals surface area contributed by atoms with Gasteiger partial charge in [-0.15, -0.1) is 12.4 Å². The van der Waals surface area contributed by atoms with Gasteiger partial charge in [0.05, 0.1) is 5.69 Å². The zero-order valence-corrected chi connectivity index (χ0v) is 17.1. The largest absolute Gasteiger partial charge is 0.506 e. The van der Waals surface area contributed by atoms with Gasteiger partial charge in [-0.05, 0) is 25.1 Å². The van der Waals surface area contributed by atoms with Gasteiger partial charge in [0.1, 0.15) is 11.6 Å². The van der Waals surface area contributed by atoms with Crippen molar-refractivity contribution >= 4 is 23.9 Å². The SMILES string of the molecule is Cl.Cn1c(NCCCN2CCN(c3ccccc3O)CC2)cc(=O)n(C)c1=O. The molecular weight excluding hydrogens is 382 g/mol. The van der Waals surface area contributed by atoms with Crippen LogP contribution in [0.3, 0.4) is 0 Å². The third-order valence-corrected chi connectivity index (χ3v) is 5.08. The second kappa shape index (κ2) is 9.66. The van der Waals surface area contributed by atoms with E-state index in [2.05, 4.69) is 15.1 Å².